The third-order valence-corrected chi connectivity index (χ3v) is 8.54. The van der Waals surface area contributed by atoms with Gasteiger partial charge in [-0.25, -0.2) is 0 Å². The molecule has 0 aliphatic rings. The molecule has 0 unspecified atom stereocenters. The highest BCUT2D eigenvalue weighted by atomic mass is 35.5. The minimum atomic E-state index is 0.777. The van der Waals surface area contributed by atoms with Gasteiger partial charge in [0.2, 0.25) is 0 Å². The zero-order valence-corrected chi connectivity index (χ0v) is 28.5. The molecule has 238 valence electrons. The van der Waals surface area contributed by atoms with Crippen molar-refractivity contribution >= 4 is 11.6 Å². The summed E-state index contributed by atoms with van der Waals surface area (Å²) < 4.78 is 0. The number of nitrogens with zero attached hydrogens (tertiary/aromatic N) is 1. The molecule has 0 aromatic rings. The molecule has 0 aliphatic heterocycles. The van der Waals surface area contributed by atoms with Crippen molar-refractivity contribution in [2.45, 2.75) is 194 Å². The quantitative estimate of drug-likeness (QED) is 0.0416. The SMILES string of the molecule is CCCCCCCC/C=C\CCCCCCCCN(CCCl)CCCCCCCC/C=C\CCCCCCCC. The Balaban J connectivity index is 3.44. The Bertz CT molecular complexity index is 458. The van der Waals surface area contributed by atoms with E-state index in [-0.39, 0.29) is 0 Å². The highest BCUT2D eigenvalue weighted by molar-refractivity contribution is 6.18. The first-order valence-electron chi connectivity index (χ1n) is 18.4. The highest BCUT2D eigenvalue weighted by Crippen LogP contribution is 2.13. The van der Waals surface area contributed by atoms with E-state index in [1.54, 1.807) is 0 Å². The van der Waals surface area contributed by atoms with Gasteiger partial charge in [0.05, 0.1) is 0 Å². The first-order chi connectivity index (χ1) is 19.8. The lowest BCUT2D eigenvalue weighted by Crippen LogP contribution is -2.28. The Morgan fingerprint density at radius 1 is 0.350 bits per heavy atom. The summed E-state index contributed by atoms with van der Waals surface area (Å²) in [6, 6.07) is 0. The number of halogens is 1. The Morgan fingerprint density at radius 2 is 0.625 bits per heavy atom. The number of allylic oxidation sites excluding steroid dienone is 4. The van der Waals surface area contributed by atoms with E-state index < -0.39 is 0 Å². The van der Waals surface area contributed by atoms with Crippen LogP contribution in [0.1, 0.15) is 194 Å². The van der Waals surface area contributed by atoms with Crippen LogP contribution in [0.5, 0.6) is 0 Å². The summed E-state index contributed by atoms with van der Waals surface area (Å²) in [4.78, 5) is 2.62. The number of unbranched alkanes of at least 4 members (excludes halogenated alkanes) is 24. The topological polar surface area (TPSA) is 3.24 Å². The van der Waals surface area contributed by atoms with E-state index in [0.29, 0.717) is 0 Å². The van der Waals surface area contributed by atoms with Gasteiger partial charge in [0, 0.05) is 12.4 Å². The largest absolute Gasteiger partial charge is 0.302 e. The van der Waals surface area contributed by atoms with Crippen molar-refractivity contribution in [3.8, 4) is 0 Å². The van der Waals surface area contributed by atoms with Gasteiger partial charge in [-0.3, -0.25) is 0 Å². The van der Waals surface area contributed by atoms with Crippen LogP contribution in [-0.2, 0) is 0 Å². The summed E-state index contributed by atoms with van der Waals surface area (Å²) in [5, 5.41) is 0. The molecule has 0 saturated carbocycles. The maximum atomic E-state index is 6.10. The summed E-state index contributed by atoms with van der Waals surface area (Å²) in [5.74, 6) is 0.777. The third-order valence-electron chi connectivity index (χ3n) is 8.37. The van der Waals surface area contributed by atoms with Crippen molar-refractivity contribution in [3.05, 3.63) is 24.3 Å². The van der Waals surface area contributed by atoms with Crippen LogP contribution in [-0.4, -0.2) is 30.4 Å². The predicted octanol–water partition coefficient (Wildman–Crippen LogP) is 13.6. The number of hydrogen-bond acceptors (Lipinski definition) is 1. The molecular weight excluding hydrogens is 506 g/mol. The molecule has 0 aromatic carbocycles. The van der Waals surface area contributed by atoms with Crippen molar-refractivity contribution < 1.29 is 0 Å². The van der Waals surface area contributed by atoms with Crippen LogP contribution in [0.2, 0.25) is 0 Å². The summed E-state index contributed by atoms with van der Waals surface area (Å²) >= 11 is 6.10. The van der Waals surface area contributed by atoms with Crippen molar-refractivity contribution in [2.75, 3.05) is 25.5 Å². The van der Waals surface area contributed by atoms with Gasteiger partial charge >= 0.3 is 0 Å². The zero-order valence-electron chi connectivity index (χ0n) is 27.8. The van der Waals surface area contributed by atoms with E-state index in [9.17, 15) is 0 Å². The van der Waals surface area contributed by atoms with Crippen LogP contribution in [0.3, 0.4) is 0 Å². The van der Waals surface area contributed by atoms with Crippen molar-refractivity contribution in [1.82, 2.24) is 4.90 Å². The Morgan fingerprint density at radius 3 is 0.925 bits per heavy atom. The van der Waals surface area contributed by atoms with Gasteiger partial charge in [-0.1, -0.05) is 154 Å². The van der Waals surface area contributed by atoms with Gasteiger partial charge in [-0.15, -0.1) is 11.6 Å². The molecule has 0 fully saturated rings. The maximum absolute atomic E-state index is 6.10. The molecule has 0 aromatic heterocycles. The Kier molecular flexibility index (Phi) is 36.5. The summed E-state index contributed by atoms with van der Waals surface area (Å²) in [6.07, 6.45) is 48.5. The fourth-order valence-electron chi connectivity index (χ4n) is 5.62. The van der Waals surface area contributed by atoms with Gasteiger partial charge in [-0.2, -0.15) is 0 Å². The summed E-state index contributed by atoms with van der Waals surface area (Å²) in [7, 11) is 0. The van der Waals surface area contributed by atoms with E-state index in [1.165, 1.54) is 193 Å². The fourth-order valence-corrected chi connectivity index (χ4v) is 5.86. The highest BCUT2D eigenvalue weighted by Gasteiger charge is 2.04. The zero-order chi connectivity index (χ0) is 29.0. The Hall–Kier alpha value is -0.270. The molecule has 0 heterocycles. The van der Waals surface area contributed by atoms with Crippen LogP contribution >= 0.6 is 11.6 Å². The predicted molar refractivity (Wildman–Crippen MR) is 186 cm³/mol. The monoisotopic (exact) mass is 580 g/mol. The van der Waals surface area contributed by atoms with Crippen LogP contribution in [0.4, 0.5) is 0 Å². The molecule has 0 rings (SSSR count). The molecule has 0 N–H and O–H groups in total. The molecule has 0 aliphatic carbocycles. The molecule has 2 heteroatoms. The van der Waals surface area contributed by atoms with Gasteiger partial charge in [0.15, 0.2) is 0 Å². The number of rotatable bonds is 34. The number of alkyl halides is 1. The van der Waals surface area contributed by atoms with Crippen molar-refractivity contribution in [3.63, 3.8) is 0 Å². The van der Waals surface area contributed by atoms with Gasteiger partial charge in [0.25, 0.3) is 0 Å². The van der Waals surface area contributed by atoms with Crippen LogP contribution in [0.15, 0.2) is 24.3 Å². The van der Waals surface area contributed by atoms with E-state index in [4.69, 9.17) is 11.6 Å². The average Bonchev–Trinajstić information content (AvgIpc) is 2.96. The number of hydrogen-bond donors (Lipinski definition) is 0. The molecule has 0 spiro atoms. The van der Waals surface area contributed by atoms with Gasteiger partial charge in [-0.05, 0) is 77.3 Å². The van der Waals surface area contributed by atoms with Crippen molar-refractivity contribution in [1.29, 1.82) is 0 Å². The molecule has 0 atom stereocenters. The van der Waals surface area contributed by atoms with Crippen LogP contribution in [0, 0.1) is 0 Å². The molecule has 1 nitrogen and oxygen atoms in total. The third kappa shape index (κ3) is 33.9. The lowest BCUT2D eigenvalue weighted by Gasteiger charge is -2.21. The maximum Gasteiger partial charge on any atom is 0.0351 e. The lowest BCUT2D eigenvalue weighted by molar-refractivity contribution is 0.274. The summed E-state index contributed by atoms with van der Waals surface area (Å²) in [5.41, 5.74) is 0. The van der Waals surface area contributed by atoms with E-state index in [0.717, 1.165) is 12.4 Å². The van der Waals surface area contributed by atoms with Crippen LogP contribution in [0.25, 0.3) is 0 Å². The smallest absolute Gasteiger partial charge is 0.0351 e. The molecule has 0 radical (unpaired) electrons. The minimum absolute atomic E-state index is 0.777. The minimum Gasteiger partial charge on any atom is -0.302 e. The molecule has 0 bridgehead atoms. The second-order valence-electron chi connectivity index (χ2n) is 12.4. The Labute approximate surface area is 259 Å². The van der Waals surface area contributed by atoms with Crippen molar-refractivity contribution in [2.24, 2.45) is 0 Å². The lowest BCUT2D eigenvalue weighted by atomic mass is 10.1. The second-order valence-corrected chi connectivity index (χ2v) is 12.8. The standard InChI is InChI=1S/C38H74ClN/c1-3-5-7-9-11-13-15-17-19-21-23-25-27-29-31-33-36-40(38-35-39)37-34-32-30-28-26-24-22-20-18-16-14-12-10-8-6-4-2/h17-20H,3-16,21-38H2,1-2H3/b19-17-,20-18-. The van der Waals surface area contributed by atoms with E-state index in [2.05, 4.69) is 43.1 Å². The van der Waals surface area contributed by atoms with E-state index >= 15 is 0 Å². The fraction of sp³-hybridized carbons (Fsp3) is 0.895. The first kappa shape index (κ1) is 39.7. The molecule has 0 amide bonds. The molecular formula is C38H74ClN. The molecule has 0 saturated heterocycles. The van der Waals surface area contributed by atoms with Crippen LogP contribution < -0.4 is 0 Å². The second kappa shape index (κ2) is 36.8. The van der Waals surface area contributed by atoms with E-state index in [1.807, 2.05) is 0 Å². The van der Waals surface area contributed by atoms with Gasteiger partial charge in [0.1, 0.15) is 0 Å². The molecule has 40 heavy (non-hydrogen) atoms. The average molecular weight is 580 g/mol. The summed E-state index contributed by atoms with van der Waals surface area (Å²) in [6.45, 7) is 8.15. The van der Waals surface area contributed by atoms with Gasteiger partial charge < -0.3 is 4.90 Å². The normalized spacial score (nSPS) is 12.1. The first-order valence-corrected chi connectivity index (χ1v) is 19.0.